The third-order valence-corrected chi connectivity index (χ3v) is 2.21. The van der Waals surface area contributed by atoms with Gasteiger partial charge >= 0.3 is 0 Å². The highest BCUT2D eigenvalue weighted by Gasteiger charge is 2.01. The van der Waals surface area contributed by atoms with Crippen molar-refractivity contribution in [2.24, 2.45) is 0 Å². The Labute approximate surface area is 89.9 Å². The molecule has 0 spiro atoms. The number of benzene rings is 1. The molecule has 1 rings (SSSR count). The van der Waals surface area contributed by atoms with Gasteiger partial charge in [-0.3, -0.25) is 0 Å². The van der Waals surface area contributed by atoms with Gasteiger partial charge in [0, 0.05) is 19.0 Å². The topological polar surface area (TPSA) is 32.3 Å². The number of rotatable bonds is 6. The van der Waals surface area contributed by atoms with Crippen LogP contribution in [0.4, 0.5) is 0 Å². The van der Waals surface area contributed by atoms with Gasteiger partial charge in [0.2, 0.25) is 0 Å². The van der Waals surface area contributed by atoms with Crippen LogP contribution < -0.4 is 5.32 Å². The highest BCUT2D eigenvalue weighted by atomic mass is 35.5. The van der Waals surface area contributed by atoms with Gasteiger partial charge < -0.3 is 10.4 Å². The molecule has 1 unspecified atom stereocenters. The summed E-state index contributed by atoms with van der Waals surface area (Å²) < 4.78 is 0. The summed E-state index contributed by atoms with van der Waals surface area (Å²) in [6.45, 7) is 1.39. The van der Waals surface area contributed by atoms with Crippen LogP contribution in [0, 0.1) is 0 Å². The van der Waals surface area contributed by atoms with Crippen LogP contribution >= 0.6 is 11.6 Å². The Balaban J connectivity index is 2.16. The maximum Gasteiger partial charge on any atom is 0.0676 e. The van der Waals surface area contributed by atoms with Crippen molar-refractivity contribution in [3.05, 3.63) is 35.9 Å². The Morgan fingerprint density at radius 1 is 1.29 bits per heavy atom. The van der Waals surface area contributed by atoms with Crippen LogP contribution in [0.3, 0.4) is 0 Å². The lowest BCUT2D eigenvalue weighted by Gasteiger charge is -2.09. The number of hydrogen-bond acceptors (Lipinski definition) is 2. The highest BCUT2D eigenvalue weighted by molar-refractivity contribution is 6.17. The Kier molecular flexibility index (Phi) is 5.60. The lowest BCUT2D eigenvalue weighted by Crippen LogP contribution is -2.26. The van der Waals surface area contributed by atoms with E-state index >= 15 is 0 Å². The minimum Gasteiger partial charge on any atom is -0.392 e. The van der Waals surface area contributed by atoms with Crippen molar-refractivity contribution in [1.29, 1.82) is 0 Å². The number of alkyl halides is 1. The van der Waals surface area contributed by atoms with Crippen molar-refractivity contribution in [3.63, 3.8) is 0 Å². The molecule has 78 valence electrons. The maximum atomic E-state index is 9.38. The van der Waals surface area contributed by atoms with Crippen LogP contribution in [0.25, 0.3) is 0 Å². The second kappa shape index (κ2) is 6.82. The second-order valence-electron chi connectivity index (χ2n) is 3.25. The molecule has 0 heterocycles. The third kappa shape index (κ3) is 4.61. The smallest absolute Gasteiger partial charge is 0.0676 e. The Hall–Kier alpha value is -0.570. The van der Waals surface area contributed by atoms with E-state index in [4.69, 9.17) is 11.6 Å². The molecule has 2 nitrogen and oxygen atoms in total. The van der Waals surface area contributed by atoms with Gasteiger partial charge in [-0.2, -0.15) is 0 Å². The fourth-order valence-electron chi connectivity index (χ4n) is 1.21. The van der Waals surface area contributed by atoms with E-state index in [0.29, 0.717) is 18.8 Å². The van der Waals surface area contributed by atoms with Crippen LogP contribution in [-0.2, 0) is 6.54 Å². The summed E-state index contributed by atoms with van der Waals surface area (Å²) in [7, 11) is 0. The van der Waals surface area contributed by atoms with Gasteiger partial charge in [0.05, 0.1) is 6.10 Å². The standard InChI is InChI=1S/C11H16ClNO/c12-7-6-11(14)9-13-8-10-4-2-1-3-5-10/h1-5,11,13-14H,6-9H2. The second-order valence-corrected chi connectivity index (χ2v) is 3.63. The van der Waals surface area contributed by atoms with E-state index in [1.54, 1.807) is 0 Å². The number of aliphatic hydroxyl groups is 1. The molecular weight excluding hydrogens is 198 g/mol. The molecule has 0 aromatic heterocycles. The van der Waals surface area contributed by atoms with Crippen molar-refractivity contribution in [2.45, 2.75) is 19.1 Å². The van der Waals surface area contributed by atoms with Gasteiger partial charge in [-0.15, -0.1) is 11.6 Å². The van der Waals surface area contributed by atoms with Crippen molar-refractivity contribution >= 4 is 11.6 Å². The zero-order valence-electron chi connectivity index (χ0n) is 8.12. The van der Waals surface area contributed by atoms with Crippen LogP contribution in [-0.4, -0.2) is 23.6 Å². The lowest BCUT2D eigenvalue weighted by atomic mass is 10.2. The molecule has 14 heavy (non-hydrogen) atoms. The Morgan fingerprint density at radius 2 is 2.00 bits per heavy atom. The molecule has 1 atom stereocenters. The van der Waals surface area contributed by atoms with E-state index in [1.165, 1.54) is 5.56 Å². The molecule has 0 aliphatic carbocycles. The summed E-state index contributed by atoms with van der Waals surface area (Å²) in [6.07, 6.45) is 0.305. The first-order valence-electron chi connectivity index (χ1n) is 4.81. The fraction of sp³-hybridized carbons (Fsp3) is 0.455. The predicted octanol–water partition coefficient (Wildman–Crippen LogP) is 1.77. The highest BCUT2D eigenvalue weighted by Crippen LogP contribution is 1.98. The molecule has 1 aromatic rings. The van der Waals surface area contributed by atoms with E-state index in [-0.39, 0.29) is 6.10 Å². The fourth-order valence-corrected chi connectivity index (χ4v) is 1.46. The van der Waals surface area contributed by atoms with Crippen LogP contribution in [0.2, 0.25) is 0 Å². The monoisotopic (exact) mass is 213 g/mol. The largest absolute Gasteiger partial charge is 0.392 e. The van der Waals surface area contributed by atoms with E-state index in [9.17, 15) is 5.11 Å². The molecule has 0 saturated heterocycles. The normalized spacial score (nSPS) is 12.7. The van der Waals surface area contributed by atoms with Crippen molar-refractivity contribution in [2.75, 3.05) is 12.4 Å². The first-order valence-corrected chi connectivity index (χ1v) is 5.35. The van der Waals surface area contributed by atoms with E-state index in [2.05, 4.69) is 17.4 Å². The van der Waals surface area contributed by atoms with Crippen molar-refractivity contribution < 1.29 is 5.11 Å². The molecule has 0 radical (unpaired) electrons. The van der Waals surface area contributed by atoms with Gasteiger partial charge in [0.15, 0.2) is 0 Å². The number of hydrogen-bond donors (Lipinski definition) is 2. The van der Waals surface area contributed by atoms with E-state index in [1.807, 2.05) is 18.2 Å². The third-order valence-electron chi connectivity index (χ3n) is 1.99. The molecule has 0 aliphatic rings. The quantitative estimate of drug-likeness (QED) is 0.706. The van der Waals surface area contributed by atoms with Crippen molar-refractivity contribution in [3.8, 4) is 0 Å². The van der Waals surface area contributed by atoms with Gasteiger partial charge in [-0.1, -0.05) is 30.3 Å². The average molecular weight is 214 g/mol. The van der Waals surface area contributed by atoms with Crippen molar-refractivity contribution in [1.82, 2.24) is 5.32 Å². The molecule has 0 saturated carbocycles. The number of aliphatic hydroxyl groups excluding tert-OH is 1. The number of nitrogens with one attached hydrogen (secondary N) is 1. The van der Waals surface area contributed by atoms with Crippen LogP contribution in [0.5, 0.6) is 0 Å². The lowest BCUT2D eigenvalue weighted by molar-refractivity contribution is 0.168. The summed E-state index contributed by atoms with van der Waals surface area (Å²) >= 11 is 5.50. The summed E-state index contributed by atoms with van der Waals surface area (Å²) in [4.78, 5) is 0. The molecule has 2 N–H and O–H groups in total. The first-order chi connectivity index (χ1) is 6.83. The minimum atomic E-state index is -0.337. The van der Waals surface area contributed by atoms with E-state index < -0.39 is 0 Å². The SMILES string of the molecule is OC(CCCl)CNCc1ccccc1. The number of halogens is 1. The summed E-state index contributed by atoms with van der Waals surface area (Å²) in [6, 6.07) is 10.1. The first kappa shape index (κ1) is 11.5. The maximum absolute atomic E-state index is 9.38. The van der Waals surface area contributed by atoms with Crippen LogP contribution in [0.15, 0.2) is 30.3 Å². The summed E-state index contributed by atoms with van der Waals surface area (Å²) in [5.74, 6) is 0.508. The molecule has 0 aliphatic heterocycles. The minimum absolute atomic E-state index is 0.337. The van der Waals surface area contributed by atoms with E-state index in [0.717, 1.165) is 6.54 Å². The molecule has 0 amide bonds. The molecule has 0 fully saturated rings. The van der Waals surface area contributed by atoms with Gasteiger partial charge in [0.1, 0.15) is 0 Å². The summed E-state index contributed by atoms with van der Waals surface area (Å²) in [5, 5.41) is 12.6. The molecular formula is C11H16ClNO. The average Bonchev–Trinajstić information content (AvgIpc) is 2.20. The van der Waals surface area contributed by atoms with Gasteiger partial charge in [-0.25, -0.2) is 0 Å². The summed E-state index contributed by atoms with van der Waals surface area (Å²) in [5.41, 5.74) is 1.23. The zero-order valence-corrected chi connectivity index (χ0v) is 8.87. The Bertz CT molecular complexity index is 240. The van der Waals surface area contributed by atoms with Gasteiger partial charge in [-0.05, 0) is 12.0 Å². The van der Waals surface area contributed by atoms with Crippen LogP contribution in [0.1, 0.15) is 12.0 Å². The zero-order chi connectivity index (χ0) is 10.2. The Morgan fingerprint density at radius 3 is 2.64 bits per heavy atom. The van der Waals surface area contributed by atoms with Gasteiger partial charge in [0.25, 0.3) is 0 Å². The predicted molar refractivity (Wildman–Crippen MR) is 59.5 cm³/mol. The molecule has 3 heteroatoms. The molecule has 1 aromatic carbocycles. The molecule has 0 bridgehead atoms.